The molecule has 0 aliphatic heterocycles. The van der Waals surface area contributed by atoms with Gasteiger partial charge in [-0.25, -0.2) is 14.1 Å². The number of benzene rings is 2. The molecule has 0 radical (unpaired) electrons. The van der Waals surface area contributed by atoms with Gasteiger partial charge in [-0.15, -0.1) is 0 Å². The molecule has 0 saturated carbocycles. The van der Waals surface area contributed by atoms with Crippen LogP contribution in [0.25, 0.3) is 16.6 Å². The van der Waals surface area contributed by atoms with E-state index < -0.39 is 0 Å². The molecule has 0 spiro atoms. The van der Waals surface area contributed by atoms with Gasteiger partial charge in [0.2, 0.25) is 0 Å². The molecule has 0 atom stereocenters. The average molecular weight is 380 g/mol. The summed E-state index contributed by atoms with van der Waals surface area (Å²) in [4.78, 5) is 17.3. The molecule has 7 heteroatoms. The van der Waals surface area contributed by atoms with Crippen LogP contribution in [-0.2, 0) is 12.3 Å². The lowest BCUT2D eigenvalue weighted by Gasteiger charge is -2.10. The van der Waals surface area contributed by atoms with Crippen LogP contribution >= 0.6 is 11.8 Å². The maximum Gasteiger partial charge on any atom is 0.262 e. The molecule has 0 aliphatic rings. The Morgan fingerprint density at radius 2 is 1.96 bits per heavy atom. The fourth-order valence-electron chi connectivity index (χ4n) is 2.88. The van der Waals surface area contributed by atoms with Crippen molar-refractivity contribution in [2.24, 2.45) is 0 Å². The number of nitrogens with zero attached hydrogens (tertiary/aromatic N) is 4. The van der Waals surface area contributed by atoms with E-state index in [4.69, 9.17) is 0 Å². The summed E-state index contributed by atoms with van der Waals surface area (Å²) >= 11 is 1.47. The molecular formula is C20H17FN4OS. The third-order valence-corrected chi connectivity index (χ3v) is 5.22. The van der Waals surface area contributed by atoms with E-state index in [1.54, 1.807) is 33.6 Å². The molecule has 0 amide bonds. The minimum Gasteiger partial charge on any atom is -0.287 e. The van der Waals surface area contributed by atoms with Gasteiger partial charge < -0.3 is 0 Å². The number of hydrogen-bond donors (Lipinski definition) is 0. The minimum atomic E-state index is -0.300. The lowest BCUT2D eigenvalue weighted by Crippen LogP contribution is -2.22. The lowest BCUT2D eigenvalue weighted by molar-refractivity contribution is 0.625. The first-order chi connectivity index (χ1) is 13.2. The molecule has 27 heavy (non-hydrogen) atoms. The molecule has 4 rings (SSSR count). The number of aromatic nitrogens is 4. The average Bonchev–Trinajstić information content (AvgIpc) is 3.16. The van der Waals surface area contributed by atoms with Crippen LogP contribution in [0.3, 0.4) is 0 Å². The van der Waals surface area contributed by atoms with Crippen LogP contribution in [0.2, 0.25) is 0 Å². The summed E-state index contributed by atoms with van der Waals surface area (Å²) in [5.41, 5.74) is 2.16. The van der Waals surface area contributed by atoms with Crippen molar-refractivity contribution >= 4 is 22.7 Å². The van der Waals surface area contributed by atoms with Gasteiger partial charge in [0.15, 0.2) is 5.16 Å². The lowest BCUT2D eigenvalue weighted by atomic mass is 10.2. The smallest absolute Gasteiger partial charge is 0.262 e. The minimum absolute atomic E-state index is 0.0316. The fourth-order valence-corrected chi connectivity index (χ4v) is 3.84. The van der Waals surface area contributed by atoms with Gasteiger partial charge in [-0.1, -0.05) is 30.0 Å². The predicted octanol–water partition coefficient (Wildman–Crippen LogP) is 4.03. The Hall–Kier alpha value is -2.93. The van der Waals surface area contributed by atoms with E-state index in [0.29, 0.717) is 34.0 Å². The molecule has 2 heterocycles. The zero-order valence-electron chi connectivity index (χ0n) is 14.7. The molecule has 0 bridgehead atoms. The normalized spacial score (nSPS) is 11.2. The second kappa shape index (κ2) is 7.36. The molecule has 0 saturated heterocycles. The largest absolute Gasteiger partial charge is 0.287 e. The van der Waals surface area contributed by atoms with Crippen molar-refractivity contribution in [3.05, 3.63) is 82.7 Å². The molecule has 5 nitrogen and oxygen atoms in total. The summed E-state index contributed by atoms with van der Waals surface area (Å²) in [5.74, 6) is 0.263. The summed E-state index contributed by atoms with van der Waals surface area (Å²) in [7, 11) is 0. The van der Waals surface area contributed by atoms with Gasteiger partial charge >= 0.3 is 0 Å². The van der Waals surface area contributed by atoms with Gasteiger partial charge in [0.1, 0.15) is 5.82 Å². The van der Waals surface area contributed by atoms with Gasteiger partial charge in [-0.3, -0.25) is 9.36 Å². The number of rotatable bonds is 5. The zero-order chi connectivity index (χ0) is 18.8. The van der Waals surface area contributed by atoms with Crippen molar-refractivity contribution in [1.82, 2.24) is 19.3 Å². The molecule has 0 fully saturated rings. The summed E-state index contributed by atoms with van der Waals surface area (Å²) in [5, 5.41) is 5.78. The first-order valence-corrected chi connectivity index (χ1v) is 9.57. The molecule has 136 valence electrons. The van der Waals surface area contributed by atoms with E-state index in [0.717, 1.165) is 5.69 Å². The first-order valence-electron chi connectivity index (χ1n) is 8.58. The quantitative estimate of drug-likeness (QED) is 0.387. The third kappa shape index (κ3) is 3.50. The van der Waals surface area contributed by atoms with E-state index >= 15 is 0 Å². The number of fused-ring (bicyclic) bond motifs is 1. The number of para-hydroxylation sites is 1. The molecule has 2 aromatic heterocycles. The van der Waals surface area contributed by atoms with Crippen molar-refractivity contribution < 1.29 is 4.39 Å². The van der Waals surface area contributed by atoms with Crippen LogP contribution in [-0.4, -0.2) is 19.3 Å². The molecule has 0 aliphatic carbocycles. The van der Waals surface area contributed by atoms with Crippen molar-refractivity contribution in [3.63, 3.8) is 0 Å². The highest BCUT2D eigenvalue weighted by Crippen LogP contribution is 2.22. The van der Waals surface area contributed by atoms with E-state index in [2.05, 4.69) is 10.1 Å². The molecule has 4 aromatic rings. The Labute approximate surface area is 159 Å². The molecule has 0 unspecified atom stereocenters. The van der Waals surface area contributed by atoms with Crippen LogP contribution in [0.4, 0.5) is 4.39 Å². The maximum atomic E-state index is 13.4. The van der Waals surface area contributed by atoms with Crippen LogP contribution in [0, 0.1) is 5.82 Å². The highest BCUT2D eigenvalue weighted by atomic mass is 32.2. The van der Waals surface area contributed by atoms with E-state index in [1.807, 2.05) is 31.2 Å². The van der Waals surface area contributed by atoms with Gasteiger partial charge in [0.25, 0.3) is 5.56 Å². The van der Waals surface area contributed by atoms with Crippen LogP contribution < -0.4 is 5.56 Å². The van der Waals surface area contributed by atoms with Gasteiger partial charge in [-0.05, 0) is 43.3 Å². The number of thioether (sulfide) groups is 1. The fraction of sp³-hybridized carbons (Fsp3) is 0.150. The highest BCUT2D eigenvalue weighted by Gasteiger charge is 2.11. The van der Waals surface area contributed by atoms with Crippen molar-refractivity contribution in [2.45, 2.75) is 24.4 Å². The SMILES string of the molecule is CCn1c(SCc2ccn(-c3cccc(F)c3)n2)nc2ccccc2c1=O. The predicted molar refractivity (Wildman–Crippen MR) is 105 cm³/mol. The van der Waals surface area contributed by atoms with E-state index in [9.17, 15) is 9.18 Å². The molecular weight excluding hydrogens is 363 g/mol. The Morgan fingerprint density at radius 3 is 2.78 bits per heavy atom. The van der Waals surface area contributed by atoms with Crippen molar-refractivity contribution in [3.8, 4) is 5.69 Å². The summed E-state index contributed by atoms with van der Waals surface area (Å²) in [6, 6.07) is 15.5. The Bertz CT molecular complexity index is 1170. The van der Waals surface area contributed by atoms with Gasteiger partial charge in [-0.2, -0.15) is 5.10 Å². The monoisotopic (exact) mass is 380 g/mol. The van der Waals surface area contributed by atoms with Crippen LogP contribution in [0.15, 0.2) is 70.7 Å². The van der Waals surface area contributed by atoms with Crippen LogP contribution in [0.1, 0.15) is 12.6 Å². The summed E-state index contributed by atoms with van der Waals surface area (Å²) in [6.07, 6.45) is 1.80. The second-order valence-corrected chi connectivity index (χ2v) is 6.92. The highest BCUT2D eigenvalue weighted by molar-refractivity contribution is 7.98. The third-order valence-electron chi connectivity index (χ3n) is 4.21. The molecule has 0 N–H and O–H groups in total. The van der Waals surface area contributed by atoms with Gasteiger partial charge in [0.05, 0.1) is 22.3 Å². The zero-order valence-corrected chi connectivity index (χ0v) is 15.5. The summed E-state index contributed by atoms with van der Waals surface area (Å²) in [6.45, 7) is 2.48. The van der Waals surface area contributed by atoms with Crippen molar-refractivity contribution in [1.29, 1.82) is 0 Å². The van der Waals surface area contributed by atoms with E-state index in [1.165, 1.54) is 23.9 Å². The van der Waals surface area contributed by atoms with Crippen LogP contribution in [0.5, 0.6) is 0 Å². The Morgan fingerprint density at radius 1 is 1.11 bits per heavy atom. The molecule has 2 aromatic carbocycles. The number of hydrogen-bond acceptors (Lipinski definition) is 4. The Kier molecular flexibility index (Phi) is 4.77. The van der Waals surface area contributed by atoms with E-state index in [-0.39, 0.29) is 11.4 Å². The van der Waals surface area contributed by atoms with Gasteiger partial charge in [0, 0.05) is 18.5 Å². The topological polar surface area (TPSA) is 52.7 Å². The standard InChI is InChI=1S/C20H17FN4OS/c1-2-24-19(26)17-8-3-4-9-18(17)22-20(24)27-13-15-10-11-25(23-15)16-7-5-6-14(21)12-16/h3-12H,2,13H2,1H3. The Balaban J connectivity index is 1.60. The first kappa shape index (κ1) is 17.5. The summed E-state index contributed by atoms with van der Waals surface area (Å²) < 4.78 is 16.7. The second-order valence-electron chi connectivity index (χ2n) is 5.98. The van der Waals surface area contributed by atoms with Crippen molar-refractivity contribution in [2.75, 3.05) is 0 Å². The number of halogens is 1. The maximum absolute atomic E-state index is 13.4.